The number of non-ortho nitro benzene ring substituents is 2. The first-order valence-electron chi connectivity index (χ1n) is 14.1. The molecule has 0 spiro atoms. The van der Waals surface area contributed by atoms with Gasteiger partial charge in [-0.3, -0.25) is 20.2 Å². The number of benzene rings is 4. The van der Waals surface area contributed by atoms with E-state index >= 15 is 0 Å². The molecule has 0 aliphatic heterocycles. The number of rotatable bonds is 16. The maximum Gasteiger partial charge on any atom is 0.269 e. The average molecular weight is 619 g/mol. The zero-order chi connectivity index (χ0) is 32.4. The molecule has 0 aliphatic rings. The van der Waals surface area contributed by atoms with E-state index in [1.165, 1.54) is 48.5 Å². The van der Waals surface area contributed by atoms with E-state index in [1.54, 1.807) is 0 Å². The lowest BCUT2D eigenvalue weighted by atomic mass is 9.78. The van der Waals surface area contributed by atoms with Crippen molar-refractivity contribution in [2.24, 2.45) is 0 Å². The number of nitro groups is 2. The minimum absolute atomic E-state index is 0.00898. The molecule has 0 heterocycles. The lowest BCUT2D eigenvalue weighted by molar-refractivity contribution is -0.385. The molecule has 45 heavy (non-hydrogen) atoms. The molecule has 0 bridgehead atoms. The molecule has 0 saturated carbocycles. The molecule has 0 aromatic heterocycles. The van der Waals surface area contributed by atoms with Crippen molar-refractivity contribution in [3.8, 4) is 23.0 Å². The second-order valence-corrected chi connectivity index (χ2v) is 10.7. The maximum atomic E-state index is 10.7. The Morgan fingerprint density at radius 3 is 1.02 bits per heavy atom. The standard InChI is InChI=1S/C33H34N2O10/c1-33(2,23-3-11-29(12-4-23)42-19-27(36)21-44-31-15-7-25(8-16-31)34(38)39)24-5-13-30(14-6-24)43-20-28(37)22-45-32-17-9-26(10-18-32)35(40)41/h3-18,27-28,36-37H,19-22H2,1-2H3. The van der Waals surface area contributed by atoms with Gasteiger partial charge in [-0.05, 0) is 59.7 Å². The summed E-state index contributed by atoms with van der Waals surface area (Å²) in [5.41, 5.74) is 1.67. The lowest BCUT2D eigenvalue weighted by Gasteiger charge is -2.26. The molecule has 0 aliphatic carbocycles. The highest BCUT2D eigenvalue weighted by atomic mass is 16.6. The van der Waals surface area contributed by atoms with Crippen molar-refractivity contribution < 1.29 is 39.0 Å². The SMILES string of the molecule is CC(C)(c1ccc(OCC(O)COc2ccc([N+](=O)[O-])cc2)cc1)c1ccc(OCC(O)COc2ccc([N+](=O)[O-])cc2)cc1. The van der Waals surface area contributed by atoms with Crippen LogP contribution in [0.2, 0.25) is 0 Å². The van der Waals surface area contributed by atoms with Crippen LogP contribution in [0.3, 0.4) is 0 Å². The Bertz CT molecular complexity index is 1420. The first-order chi connectivity index (χ1) is 21.5. The summed E-state index contributed by atoms with van der Waals surface area (Å²) in [6, 6.07) is 26.4. The number of aliphatic hydroxyl groups excluding tert-OH is 2. The van der Waals surface area contributed by atoms with Gasteiger partial charge < -0.3 is 29.2 Å². The van der Waals surface area contributed by atoms with Gasteiger partial charge >= 0.3 is 0 Å². The van der Waals surface area contributed by atoms with Gasteiger partial charge in [0.05, 0.1) is 9.85 Å². The van der Waals surface area contributed by atoms with Gasteiger partial charge in [-0.1, -0.05) is 38.1 Å². The van der Waals surface area contributed by atoms with E-state index in [9.17, 15) is 30.4 Å². The summed E-state index contributed by atoms with van der Waals surface area (Å²) in [7, 11) is 0. The van der Waals surface area contributed by atoms with Crippen LogP contribution in [0.4, 0.5) is 11.4 Å². The van der Waals surface area contributed by atoms with E-state index in [0.29, 0.717) is 23.0 Å². The van der Waals surface area contributed by atoms with Crippen LogP contribution < -0.4 is 18.9 Å². The van der Waals surface area contributed by atoms with Crippen molar-refractivity contribution in [2.45, 2.75) is 31.5 Å². The van der Waals surface area contributed by atoms with Crippen LogP contribution in [-0.4, -0.2) is 58.7 Å². The normalized spacial score (nSPS) is 12.5. The zero-order valence-electron chi connectivity index (χ0n) is 24.8. The predicted octanol–water partition coefficient (Wildman–Crippen LogP) is 5.47. The molecule has 12 nitrogen and oxygen atoms in total. The Morgan fingerprint density at radius 2 is 0.778 bits per heavy atom. The summed E-state index contributed by atoms with van der Waals surface area (Å²) in [5.74, 6) is 2.00. The molecule has 2 atom stereocenters. The van der Waals surface area contributed by atoms with Crippen molar-refractivity contribution >= 4 is 11.4 Å². The summed E-state index contributed by atoms with van der Waals surface area (Å²) in [5, 5.41) is 42.0. The summed E-state index contributed by atoms with van der Waals surface area (Å²) >= 11 is 0. The average Bonchev–Trinajstić information content (AvgIpc) is 3.05. The second-order valence-electron chi connectivity index (χ2n) is 10.7. The maximum absolute atomic E-state index is 10.7. The molecule has 0 fully saturated rings. The Labute approximate surface area is 259 Å². The largest absolute Gasteiger partial charge is 0.491 e. The first-order valence-corrected chi connectivity index (χ1v) is 14.1. The highest BCUT2D eigenvalue weighted by molar-refractivity contribution is 5.42. The van der Waals surface area contributed by atoms with Crippen molar-refractivity contribution in [2.75, 3.05) is 26.4 Å². The summed E-state index contributed by atoms with van der Waals surface area (Å²) in [4.78, 5) is 20.5. The van der Waals surface area contributed by atoms with Gasteiger partial charge in [0.1, 0.15) is 61.6 Å². The summed E-state index contributed by atoms with van der Waals surface area (Å²) in [6.07, 6.45) is -1.80. The molecule has 12 heteroatoms. The monoisotopic (exact) mass is 618 g/mol. The first kappa shape index (κ1) is 32.7. The van der Waals surface area contributed by atoms with E-state index < -0.39 is 22.1 Å². The molecular formula is C33H34N2O10. The van der Waals surface area contributed by atoms with E-state index in [1.807, 2.05) is 48.5 Å². The number of aliphatic hydroxyl groups is 2. The summed E-state index contributed by atoms with van der Waals surface area (Å²) < 4.78 is 22.4. The number of hydrogen-bond acceptors (Lipinski definition) is 10. The Morgan fingerprint density at radius 1 is 0.533 bits per heavy atom. The van der Waals surface area contributed by atoms with Crippen LogP contribution in [-0.2, 0) is 5.41 Å². The van der Waals surface area contributed by atoms with Crippen LogP contribution in [0.1, 0.15) is 25.0 Å². The Balaban J connectivity index is 1.21. The van der Waals surface area contributed by atoms with Gasteiger partial charge in [0.2, 0.25) is 0 Å². The molecule has 0 radical (unpaired) electrons. The quantitative estimate of drug-likeness (QED) is 0.122. The van der Waals surface area contributed by atoms with Crippen LogP contribution in [0, 0.1) is 20.2 Å². The van der Waals surface area contributed by atoms with Crippen molar-refractivity contribution in [1.82, 2.24) is 0 Å². The smallest absolute Gasteiger partial charge is 0.269 e. The van der Waals surface area contributed by atoms with E-state index in [2.05, 4.69) is 13.8 Å². The third-order valence-corrected chi connectivity index (χ3v) is 7.02. The van der Waals surface area contributed by atoms with Crippen LogP contribution >= 0.6 is 0 Å². The van der Waals surface area contributed by atoms with Gasteiger partial charge in [0.15, 0.2) is 0 Å². The third kappa shape index (κ3) is 9.39. The molecule has 4 rings (SSSR count). The topological polar surface area (TPSA) is 164 Å². The van der Waals surface area contributed by atoms with Gasteiger partial charge in [0.25, 0.3) is 11.4 Å². The fraction of sp³-hybridized carbons (Fsp3) is 0.273. The fourth-order valence-electron chi connectivity index (χ4n) is 4.30. The minimum Gasteiger partial charge on any atom is -0.491 e. The van der Waals surface area contributed by atoms with Crippen LogP contribution in [0.5, 0.6) is 23.0 Å². The van der Waals surface area contributed by atoms with Gasteiger partial charge in [-0.15, -0.1) is 0 Å². The van der Waals surface area contributed by atoms with E-state index in [0.717, 1.165) is 11.1 Å². The zero-order valence-corrected chi connectivity index (χ0v) is 24.8. The lowest BCUT2D eigenvalue weighted by Crippen LogP contribution is -2.25. The predicted molar refractivity (Wildman–Crippen MR) is 165 cm³/mol. The van der Waals surface area contributed by atoms with E-state index in [-0.39, 0.29) is 43.2 Å². The molecule has 4 aromatic rings. The second kappa shape index (κ2) is 15.0. The number of nitrogens with zero attached hydrogens (tertiary/aromatic N) is 2. The highest BCUT2D eigenvalue weighted by Gasteiger charge is 2.23. The third-order valence-electron chi connectivity index (χ3n) is 7.02. The molecule has 0 saturated heterocycles. The minimum atomic E-state index is -0.902. The Kier molecular flexibility index (Phi) is 10.9. The fourth-order valence-corrected chi connectivity index (χ4v) is 4.30. The van der Waals surface area contributed by atoms with Crippen LogP contribution in [0.25, 0.3) is 0 Å². The van der Waals surface area contributed by atoms with E-state index in [4.69, 9.17) is 18.9 Å². The van der Waals surface area contributed by atoms with Gasteiger partial charge in [-0.2, -0.15) is 0 Å². The Hall–Kier alpha value is -5.20. The molecule has 0 amide bonds. The van der Waals surface area contributed by atoms with Crippen LogP contribution in [0.15, 0.2) is 97.1 Å². The van der Waals surface area contributed by atoms with Crippen molar-refractivity contribution in [3.63, 3.8) is 0 Å². The number of ether oxygens (including phenoxy) is 4. The van der Waals surface area contributed by atoms with Crippen molar-refractivity contribution in [3.05, 3.63) is 128 Å². The molecule has 236 valence electrons. The highest BCUT2D eigenvalue weighted by Crippen LogP contribution is 2.33. The van der Waals surface area contributed by atoms with Gasteiger partial charge in [0, 0.05) is 29.7 Å². The molecule has 2 unspecified atom stereocenters. The molecule has 2 N–H and O–H groups in total. The molecular weight excluding hydrogens is 584 g/mol. The van der Waals surface area contributed by atoms with Gasteiger partial charge in [-0.25, -0.2) is 0 Å². The van der Waals surface area contributed by atoms with Crippen molar-refractivity contribution in [1.29, 1.82) is 0 Å². The summed E-state index contributed by atoms with van der Waals surface area (Å²) in [6.45, 7) is 4.15. The molecule has 4 aromatic carbocycles. The number of hydrogen-bond donors (Lipinski definition) is 2. The number of nitro benzene ring substituents is 2.